The van der Waals surface area contributed by atoms with Gasteiger partial charge >= 0.3 is 0 Å². The lowest BCUT2D eigenvalue weighted by atomic mass is 10.0. The Morgan fingerprint density at radius 3 is 3.00 bits per heavy atom. The molecule has 1 unspecified atom stereocenters. The van der Waals surface area contributed by atoms with Crippen molar-refractivity contribution >= 4 is 12.0 Å². The molecule has 3 heteroatoms. The Kier molecular flexibility index (Phi) is 5.85. The van der Waals surface area contributed by atoms with E-state index in [0.29, 0.717) is 12.5 Å². The highest BCUT2D eigenvalue weighted by atomic mass is 16.5. The van der Waals surface area contributed by atoms with Crippen LogP contribution in [0, 0.1) is 5.92 Å². The number of carbonyl (C=O) groups excluding carboxylic acids is 1. The summed E-state index contributed by atoms with van der Waals surface area (Å²) in [4.78, 5) is 14.2. The lowest BCUT2D eigenvalue weighted by Gasteiger charge is -2.30. The van der Waals surface area contributed by atoms with Crippen molar-refractivity contribution < 1.29 is 9.53 Å². The summed E-state index contributed by atoms with van der Waals surface area (Å²) in [6.45, 7) is 6.73. The lowest BCUT2D eigenvalue weighted by Crippen LogP contribution is -2.38. The molecule has 114 valence electrons. The van der Waals surface area contributed by atoms with Gasteiger partial charge in [-0.25, -0.2) is 0 Å². The van der Waals surface area contributed by atoms with Gasteiger partial charge in [-0.2, -0.15) is 0 Å². The molecule has 0 saturated carbocycles. The normalized spacial score (nSPS) is 19.0. The van der Waals surface area contributed by atoms with Gasteiger partial charge in [0, 0.05) is 24.7 Å². The highest BCUT2D eigenvalue weighted by Gasteiger charge is 2.18. The first-order chi connectivity index (χ1) is 10.2. The molecule has 0 bridgehead atoms. The van der Waals surface area contributed by atoms with Crippen LogP contribution in [0.25, 0.3) is 6.08 Å². The maximum atomic E-state index is 12.2. The van der Waals surface area contributed by atoms with Crippen molar-refractivity contribution in [3.8, 4) is 5.75 Å². The molecule has 0 radical (unpaired) electrons. The first kappa shape index (κ1) is 15.6. The van der Waals surface area contributed by atoms with E-state index in [2.05, 4.69) is 13.8 Å². The topological polar surface area (TPSA) is 29.5 Å². The molecule has 1 fully saturated rings. The van der Waals surface area contributed by atoms with Crippen molar-refractivity contribution in [2.75, 3.05) is 19.7 Å². The van der Waals surface area contributed by atoms with Crippen molar-refractivity contribution in [1.29, 1.82) is 0 Å². The van der Waals surface area contributed by atoms with Crippen molar-refractivity contribution in [2.45, 2.75) is 33.1 Å². The summed E-state index contributed by atoms with van der Waals surface area (Å²) in [6.07, 6.45) is 6.85. The molecule has 1 aromatic carbocycles. The first-order valence-corrected chi connectivity index (χ1v) is 7.89. The van der Waals surface area contributed by atoms with Crippen LogP contribution in [0.2, 0.25) is 0 Å². The Hall–Kier alpha value is -1.77. The minimum atomic E-state index is 0.104. The van der Waals surface area contributed by atoms with Crippen LogP contribution in [0.4, 0.5) is 0 Å². The molecule has 1 atom stereocenters. The van der Waals surface area contributed by atoms with Gasteiger partial charge in [0.2, 0.25) is 5.91 Å². The molecule has 0 N–H and O–H groups in total. The van der Waals surface area contributed by atoms with Crippen LogP contribution in [0.15, 0.2) is 30.3 Å². The molecule has 1 aromatic rings. The number of rotatable bonds is 5. The third-order valence-electron chi connectivity index (χ3n) is 3.75. The van der Waals surface area contributed by atoms with Gasteiger partial charge in [0.25, 0.3) is 0 Å². The summed E-state index contributed by atoms with van der Waals surface area (Å²) < 4.78 is 5.70. The molecule has 2 rings (SSSR count). The Bertz CT molecular complexity index is 496. The number of para-hydroxylation sites is 1. The maximum Gasteiger partial charge on any atom is 0.246 e. The summed E-state index contributed by atoms with van der Waals surface area (Å²) in [5, 5.41) is 0. The van der Waals surface area contributed by atoms with E-state index in [0.717, 1.165) is 37.2 Å². The van der Waals surface area contributed by atoms with Gasteiger partial charge in [-0.3, -0.25) is 4.79 Å². The summed E-state index contributed by atoms with van der Waals surface area (Å²) in [6, 6.07) is 7.85. The molecule has 1 aliphatic heterocycles. The van der Waals surface area contributed by atoms with Crippen LogP contribution >= 0.6 is 0 Å². The van der Waals surface area contributed by atoms with Crippen molar-refractivity contribution in [2.24, 2.45) is 5.92 Å². The summed E-state index contributed by atoms with van der Waals surface area (Å²) >= 11 is 0. The summed E-state index contributed by atoms with van der Waals surface area (Å²) in [7, 11) is 0. The highest BCUT2D eigenvalue weighted by molar-refractivity contribution is 5.92. The van der Waals surface area contributed by atoms with Crippen LogP contribution < -0.4 is 4.74 Å². The van der Waals surface area contributed by atoms with Gasteiger partial charge < -0.3 is 9.64 Å². The summed E-state index contributed by atoms with van der Waals surface area (Å²) in [5.74, 6) is 1.55. The van der Waals surface area contributed by atoms with Gasteiger partial charge in [-0.15, -0.1) is 0 Å². The van der Waals surface area contributed by atoms with E-state index < -0.39 is 0 Å². The highest BCUT2D eigenvalue weighted by Crippen LogP contribution is 2.20. The second-order valence-electron chi connectivity index (χ2n) is 5.75. The van der Waals surface area contributed by atoms with Gasteiger partial charge in [0.1, 0.15) is 5.75 Å². The zero-order chi connectivity index (χ0) is 15.1. The first-order valence-electron chi connectivity index (χ1n) is 7.89. The number of hydrogen-bond acceptors (Lipinski definition) is 2. The van der Waals surface area contributed by atoms with Crippen LogP contribution in [-0.4, -0.2) is 30.5 Å². The Balaban J connectivity index is 2.01. The molecular weight excluding hydrogens is 262 g/mol. The fourth-order valence-corrected chi connectivity index (χ4v) is 2.62. The predicted molar refractivity (Wildman–Crippen MR) is 86.2 cm³/mol. The second kappa shape index (κ2) is 7.87. The molecule has 0 aliphatic carbocycles. The number of benzene rings is 1. The van der Waals surface area contributed by atoms with Gasteiger partial charge in [0.15, 0.2) is 0 Å². The van der Waals surface area contributed by atoms with E-state index in [4.69, 9.17) is 4.74 Å². The fourth-order valence-electron chi connectivity index (χ4n) is 2.62. The van der Waals surface area contributed by atoms with Gasteiger partial charge in [-0.05, 0) is 37.3 Å². The smallest absolute Gasteiger partial charge is 0.246 e. The predicted octanol–water partition coefficient (Wildman–Crippen LogP) is 3.75. The van der Waals surface area contributed by atoms with E-state index in [9.17, 15) is 4.79 Å². The van der Waals surface area contributed by atoms with Crippen LogP contribution in [0.1, 0.15) is 38.7 Å². The Labute approximate surface area is 127 Å². The fraction of sp³-hybridized carbons (Fsp3) is 0.500. The van der Waals surface area contributed by atoms with E-state index >= 15 is 0 Å². The number of nitrogens with zero attached hydrogens (tertiary/aromatic N) is 1. The lowest BCUT2D eigenvalue weighted by molar-refractivity contribution is -0.127. The molecule has 0 aromatic heterocycles. The molecule has 1 aliphatic rings. The molecule has 1 saturated heterocycles. The van der Waals surface area contributed by atoms with E-state index in [1.54, 1.807) is 6.08 Å². The van der Waals surface area contributed by atoms with E-state index in [1.165, 1.54) is 6.42 Å². The minimum Gasteiger partial charge on any atom is -0.493 e. The number of ether oxygens (including phenoxy) is 1. The average Bonchev–Trinajstić information content (AvgIpc) is 2.51. The second-order valence-corrected chi connectivity index (χ2v) is 5.75. The van der Waals surface area contributed by atoms with Crippen LogP contribution in [-0.2, 0) is 4.79 Å². The third-order valence-corrected chi connectivity index (χ3v) is 3.75. The summed E-state index contributed by atoms with van der Waals surface area (Å²) in [5.41, 5.74) is 0.962. The maximum absolute atomic E-state index is 12.2. The average molecular weight is 287 g/mol. The van der Waals surface area contributed by atoms with E-state index in [1.807, 2.05) is 35.2 Å². The zero-order valence-electron chi connectivity index (χ0n) is 13.0. The number of piperidine rings is 1. The van der Waals surface area contributed by atoms with Gasteiger partial charge in [-0.1, -0.05) is 32.0 Å². The van der Waals surface area contributed by atoms with Crippen molar-refractivity contribution in [3.05, 3.63) is 35.9 Å². The largest absolute Gasteiger partial charge is 0.493 e. The number of hydrogen-bond donors (Lipinski definition) is 0. The number of likely N-dealkylation sites (tertiary alicyclic amines) is 1. The molecule has 3 nitrogen and oxygen atoms in total. The SMILES string of the molecule is CCCOc1ccccc1/C=C/C(=O)N1CCCC(C)C1. The Morgan fingerprint density at radius 1 is 1.43 bits per heavy atom. The molecule has 0 spiro atoms. The minimum absolute atomic E-state index is 0.104. The molecule has 21 heavy (non-hydrogen) atoms. The van der Waals surface area contributed by atoms with Crippen molar-refractivity contribution in [3.63, 3.8) is 0 Å². The van der Waals surface area contributed by atoms with Crippen LogP contribution in [0.5, 0.6) is 5.75 Å². The number of carbonyl (C=O) groups is 1. The van der Waals surface area contributed by atoms with Crippen molar-refractivity contribution in [1.82, 2.24) is 4.90 Å². The van der Waals surface area contributed by atoms with Gasteiger partial charge in [0.05, 0.1) is 6.61 Å². The molecular formula is C18H25NO2. The standard InChI is InChI=1S/C18H25NO2/c1-3-13-21-17-9-5-4-8-16(17)10-11-18(20)19-12-6-7-15(2)14-19/h4-5,8-11,15H,3,6-7,12-14H2,1-2H3/b11-10+. The molecule has 1 amide bonds. The van der Waals surface area contributed by atoms with E-state index in [-0.39, 0.29) is 5.91 Å². The third kappa shape index (κ3) is 4.62. The Morgan fingerprint density at radius 2 is 2.24 bits per heavy atom. The monoisotopic (exact) mass is 287 g/mol. The number of amides is 1. The quantitative estimate of drug-likeness (QED) is 0.772. The zero-order valence-corrected chi connectivity index (χ0v) is 13.0. The molecule has 1 heterocycles. The van der Waals surface area contributed by atoms with Crippen LogP contribution in [0.3, 0.4) is 0 Å².